The highest BCUT2D eigenvalue weighted by Crippen LogP contribution is 2.32. The molecule has 5 aliphatic rings. The van der Waals surface area contributed by atoms with Gasteiger partial charge in [-0.25, -0.2) is 0 Å². The maximum absolute atomic E-state index is 13.6. The van der Waals surface area contributed by atoms with E-state index in [0.29, 0.717) is 57.8 Å². The van der Waals surface area contributed by atoms with Gasteiger partial charge in [0.25, 0.3) is 0 Å². The normalized spacial score (nSPS) is 34.7. The molecule has 5 fully saturated rings. The summed E-state index contributed by atoms with van der Waals surface area (Å²) >= 11 is 0. The highest BCUT2D eigenvalue weighted by atomic mass is 16.7. The Hall–Kier alpha value is -2.02. The van der Waals surface area contributed by atoms with E-state index in [9.17, 15) is 91.3 Å². The van der Waals surface area contributed by atoms with Gasteiger partial charge in [0.1, 0.15) is 111 Å². The van der Waals surface area contributed by atoms with Crippen molar-refractivity contribution >= 4 is 11.9 Å². The number of hydrogen-bond acceptors (Lipinski definition) is 28. The summed E-state index contributed by atoms with van der Waals surface area (Å²) < 4.78 is 59.0. The van der Waals surface area contributed by atoms with Gasteiger partial charge >= 0.3 is 11.9 Å². The molecule has 0 saturated carbocycles. The predicted molar refractivity (Wildman–Crippen MR) is 361 cm³/mol. The van der Waals surface area contributed by atoms with Crippen LogP contribution in [0.5, 0.6) is 0 Å². The predicted octanol–water partition coefficient (Wildman–Crippen LogP) is 3.43. The molecule has 0 radical (unpaired) electrons. The summed E-state index contributed by atoms with van der Waals surface area (Å²) in [4.78, 5) is 27.1. The minimum absolute atomic E-state index is 0.265. The van der Waals surface area contributed by atoms with Crippen molar-refractivity contribution < 1.29 is 139 Å². The molecule has 0 spiro atoms. The maximum atomic E-state index is 13.6. The second-order valence-corrected chi connectivity index (χ2v) is 29.1. The van der Waals surface area contributed by atoms with Crippen LogP contribution >= 0.6 is 0 Å². The molecule has 28 nitrogen and oxygen atoms in total. The maximum Gasteiger partial charge on any atom is 0.308 e. The molecule has 5 aliphatic heterocycles. The summed E-state index contributed by atoms with van der Waals surface area (Å²) in [6.45, 7) is 1.36. The third-order valence-corrected chi connectivity index (χ3v) is 20.3. The van der Waals surface area contributed by atoms with E-state index in [4.69, 9.17) is 47.4 Å². The van der Waals surface area contributed by atoms with Gasteiger partial charge in [-0.2, -0.15) is 0 Å². The van der Waals surface area contributed by atoms with Crippen LogP contribution in [0.2, 0.25) is 0 Å². The van der Waals surface area contributed by atoms with Crippen LogP contribution in [0, 0.1) is 0 Å². The molecule has 26 atom stereocenters. The molecule has 0 unspecified atom stereocenters. The van der Waals surface area contributed by atoms with E-state index in [2.05, 4.69) is 0 Å². The molecule has 5 heterocycles. The number of rotatable bonds is 46. The van der Waals surface area contributed by atoms with Crippen LogP contribution < -0.4 is 0 Å². The SMILES string of the molecule is C[C@H](O)CCCCCCC[C@H](CCCCCCCCCCC[C@H]1CC(=O)OC[C@H]2O[C@@H](O[C@H](CCCCCCCCCCCCC[C@H](CCCCC[C@@H](C)O)O[C@H]3O[C@@H](CO)[C@H](O)[C@@H](O)[C@@H]3O)CC(=O)OC[C@@H]3O[C@H](O1)[C@@H](O)[C@H](O)[C@H]3O)[C@H](O)[C@@H](O)[C@H]2O)O[C@H]1O[C@@H](CO)[C@H](O)[C@H](O)[C@H]1O. The zero-order valence-electron chi connectivity index (χ0n) is 59.8. The Labute approximate surface area is 592 Å². The molecular formula is C72H132O28. The summed E-state index contributed by atoms with van der Waals surface area (Å²) in [5, 5.41) is 167. The number of carbonyl (C=O) groups excluding carboxylic acids is 2. The van der Waals surface area contributed by atoms with Crippen LogP contribution in [0.25, 0.3) is 0 Å². The third kappa shape index (κ3) is 32.2. The zero-order chi connectivity index (χ0) is 72.9. The Bertz CT molecular complexity index is 2100. The Morgan fingerprint density at radius 1 is 0.330 bits per heavy atom. The first kappa shape index (κ1) is 88.6. The molecule has 0 aromatic rings. The van der Waals surface area contributed by atoms with Gasteiger partial charge in [-0.05, 0) is 65.2 Å². The van der Waals surface area contributed by atoms with Crippen LogP contribution in [0.3, 0.4) is 0 Å². The van der Waals surface area contributed by atoms with E-state index in [1.54, 1.807) is 13.8 Å². The van der Waals surface area contributed by atoms with Crippen molar-refractivity contribution in [1.82, 2.24) is 0 Å². The molecule has 5 rings (SSSR count). The van der Waals surface area contributed by atoms with Gasteiger partial charge in [-0.15, -0.1) is 0 Å². The first-order valence-corrected chi connectivity index (χ1v) is 38.3. The monoisotopic (exact) mass is 1440 g/mol. The van der Waals surface area contributed by atoms with E-state index >= 15 is 0 Å². The van der Waals surface area contributed by atoms with Gasteiger partial charge in [-0.1, -0.05) is 180 Å². The Morgan fingerprint density at radius 2 is 0.600 bits per heavy atom. The summed E-state index contributed by atoms with van der Waals surface area (Å²) in [7, 11) is 0. The van der Waals surface area contributed by atoms with Crippen LogP contribution in [0.15, 0.2) is 0 Å². The quantitative estimate of drug-likeness (QED) is 0.0307. The van der Waals surface area contributed by atoms with Crippen molar-refractivity contribution in [2.75, 3.05) is 26.4 Å². The van der Waals surface area contributed by atoms with Crippen LogP contribution in [0.1, 0.15) is 258 Å². The smallest absolute Gasteiger partial charge is 0.308 e. The minimum atomic E-state index is -1.77. The summed E-state index contributed by atoms with van der Waals surface area (Å²) in [6, 6.07) is 0. The Kier molecular flexibility index (Phi) is 44.1. The zero-order valence-corrected chi connectivity index (χ0v) is 59.8. The molecule has 4 bridgehead atoms. The molecule has 100 heavy (non-hydrogen) atoms. The number of hydrogen-bond donors (Lipinski definition) is 16. The van der Waals surface area contributed by atoms with E-state index in [-0.39, 0.29) is 37.3 Å². The fraction of sp³-hybridized carbons (Fsp3) is 0.972. The van der Waals surface area contributed by atoms with Crippen molar-refractivity contribution in [3.8, 4) is 0 Å². The molecular weight excluding hydrogens is 1310 g/mol. The van der Waals surface area contributed by atoms with E-state index < -0.39 is 173 Å². The van der Waals surface area contributed by atoms with Crippen LogP contribution in [-0.4, -0.2) is 280 Å². The van der Waals surface area contributed by atoms with Crippen molar-refractivity contribution in [3.05, 3.63) is 0 Å². The van der Waals surface area contributed by atoms with Gasteiger partial charge in [0, 0.05) is 0 Å². The number of ether oxygens (including phenoxy) is 10. The van der Waals surface area contributed by atoms with Gasteiger partial charge < -0.3 is 129 Å². The largest absolute Gasteiger partial charge is 0.463 e. The number of esters is 2. The van der Waals surface area contributed by atoms with Crippen molar-refractivity contribution in [2.24, 2.45) is 0 Å². The van der Waals surface area contributed by atoms with Crippen LogP contribution in [-0.2, 0) is 57.0 Å². The summed E-state index contributed by atoms with van der Waals surface area (Å²) in [5.41, 5.74) is 0. The van der Waals surface area contributed by atoms with E-state index in [1.165, 1.54) is 0 Å². The molecule has 5 saturated heterocycles. The fourth-order valence-corrected chi connectivity index (χ4v) is 13.9. The minimum Gasteiger partial charge on any atom is -0.463 e. The molecule has 16 N–H and O–H groups in total. The summed E-state index contributed by atoms with van der Waals surface area (Å²) in [5.74, 6) is -1.56. The average molecular weight is 1450 g/mol. The second kappa shape index (κ2) is 49.8. The molecule has 588 valence electrons. The molecule has 28 heteroatoms. The molecule has 0 aliphatic carbocycles. The molecule has 0 aromatic heterocycles. The first-order chi connectivity index (χ1) is 48.0. The number of carbonyl (C=O) groups is 2. The lowest BCUT2D eigenvalue weighted by Crippen LogP contribution is -2.60. The third-order valence-electron chi connectivity index (χ3n) is 20.3. The lowest BCUT2D eigenvalue weighted by molar-refractivity contribution is -0.316. The van der Waals surface area contributed by atoms with E-state index in [0.717, 1.165) is 173 Å². The summed E-state index contributed by atoms with van der Waals surface area (Å²) in [6.07, 6.45) is -2.97. The fourth-order valence-electron chi connectivity index (χ4n) is 13.9. The average Bonchev–Trinajstić information content (AvgIpc) is 0.835. The number of fused-ring (bicyclic) bond motifs is 4. The second-order valence-electron chi connectivity index (χ2n) is 29.1. The number of aliphatic hydroxyl groups is 16. The lowest BCUT2D eigenvalue weighted by Gasteiger charge is -2.42. The Balaban J connectivity index is 1.03. The van der Waals surface area contributed by atoms with Gasteiger partial charge in [0.15, 0.2) is 25.2 Å². The highest BCUT2D eigenvalue weighted by Gasteiger charge is 2.49. The van der Waals surface area contributed by atoms with Crippen LogP contribution in [0.4, 0.5) is 0 Å². The van der Waals surface area contributed by atoms with E-state index in [1.807, 2.05) is 0 Å². The van der Waals surface area contributed by atoms with Crippen molar-refractivity contribution in [2.45, 2.75) is 417 Å². The topological polar surface area (TPSA) is 450 Å². The molecule has 0 aromatic carbocycles. The first-order valence-electron chi connectivity index (χ1n) is 38.3. The van der Waals surface area contributed by atoms with Gasteiger partial charge in [0.05, 0.1) is 62.7 Å². The Morgan fingerprint density at radius 3 is 0.900 bits per heavy atom. The lowest BCUT2D eigenvalue weighted by atomic mass is 9.98. The molecule has 0 amide bonds. The highest BCUT2D eigenvalue weighted by molar-refractivity contribution is 5.70. The number of cyclic esters (lactones) is 2. The number of aliphatic hydroxyl groups excluding tert-OH is 16. The van der Waals surface area contributed by atoms with Crippen molar-refractivity contribution in [3.63, 3.8) is 0 Å². The standard InChI is InChI=1S/C72H132O28/c1-45(75)31-23-16-15-21-27-35-47(93-69-65(87)61(83)57(79)51(41-73)97-69)33-25-18-12-9-6-10-14-20-29-38-50-40-56(78)92-44-53-59(81)63(85)67(89)71(99-53)95-49(39-55(77)91-43-54-60(82)64(86)68(90)72(96-50)100-54)37-28-19-13-8-5-3-4-7-11-17-26-34-48(36-30-22-24-32-46(2)76)94-70-66(88)62(84)58(80)52(42-74)98-70/h45-54,57-76,79-90H,3-44H2,1-2H3/t45-,46+,47-,48+,49+,50-,51-,52-,53+,54-,57-,58-,59-,60-,61-,62+,63-,64+,65+,66-,67+,68-,69-,70-,71+,72-/m0/s1. The van der Waals surface area contributed by atoms with Gasteiger partial charge in [0.2, 0.25) is 0 Å². The number of unbranched alkanes of at least 4 members (excludes halogenated alkanes) is 24. The van der Waals surface area contributed by atoms with Crippen molar-refractivity contribution in [1.29, 1.82) is 0 Å². The van der Waals surface area contributed by atoms with Gasteiger partial charge in [-0.3, -0.25) is 9.59 Å².